The minimum absolute atomic E-state index is 0.0106. The van der Waals surface area contributed by atoms with E-state index in [9.17, 15) is 19.1 Å². The minimum atomic E-state index is -1.23. The second kappa shape index (κ2) is 4.98. The Balaban J connectivity index is 1.76. The van der Waals surface area contributed by atoms with E-state index < -0.39 is 11.5 Å². The second-order valence-corrected chi connectivity index (χ2v) is 8.43. The van der Waals surface area contributed by atoms with E-state index in [4.69, 9.17) is 0 Å². The van der Waals surface area contributed by atoms with E-state index in [1.807, 2.05) is 0 Å². The van der Waals surface area contributed by atoms with Gasteiger partial charge >= 0.3 is 6.04 Å². The van der Waals surface area contributed by atoms with Crippen molar-refractivity contribution in [1.29, 1.82) is 0 Å². The van der Waals surface area contributed by atoms with Crippen LogP contribution < -0.4 is 0 Å². The lowest BCUT2D eigenvalue weighted by Crippen LogP contribution is -2.54. The van der Waals surface area contributed by atoms with Crippen molar-refractivity contribution >= 4 is 11.8 Å². The van der Waals surface area contributed by atoms with Gasteiger partial charge in [-0.3, -0.25) is 9.59 Å². The second-order valence-electron chi connectivity index (χ2n) is 8.43. The molecule has 0 radical (unpaired) electrons. The van der Waals surface area contributed by atoms with Crippen LogP contribution in [0.25, 0.3) is 0 Å². The standard InChI is InChI=1S/C19H25FO3/c1-18-8-7-15-13(14(18)4-5-16(18)22)3-2-11-10-12(21)6-9-19(11,15)17(20)23/h10,13-16,22H,2-9H2,1H3/t13-,14-,15-,16-,18-,19+/m0/s1. The van der Waals surface area contributed by atoms with Crippen LogP contribution in [0, 0.1) is 28.6 Å². The van der Waals surface area contributed by atoms with Gasteiger partial charge < -0.3 is 5.11 Å². The first-order valence-corrected chi connectivity index (χ1v) is 9.01. The summed E-state index contributed by atoms with van der Waals surface area (Å²) in [6.07, 6.45) is 6.95. The van der Waals surface area contributed by atoms with E-state index in [-0.39, 0.29) is 29.6 Å². The molecule has 0 aromatic carbocycles. The quantitative estimate of drug-likeness (QED) is 0.754. The summed E-state index contributed by atoms with van der Waals surface area (Å²) < 4.78 is 14.3. The summed E-state index contributed by atoms with van der Waals surface area (Å²) >= 11 is 0. The number of halogens is 1. The van der Waals surface area contributed by atoms with Crippen LogP contribution in [0.1, 0.15) is 58.3 Å². The zero-order chi connectivity index (χ0) is 16.4. The first kappa shape index (κ1) is 15.5. The van der Waals surface area contributed by atoms with Crippen LogP contribution >= 0.6 is 0 Å². The highest BCUT2D eigenvalue weighted by Crippen LogP contribution is 2.65. The monoisotopic (exact) mass is 320 g/mol. The fourth-order valence-electron chi connectivity index (χ4n) is 6.56. The van der Waals surface area contributed by atoms with Crippen LogP contribution in [0.4, 0.5) is 4.39 Å². The fraction of sp³-hybridized carbons (Fsp3) is 0.789. The summed E-state index contributed by atoms with van der Waals surface area (Å²) in [4.78, 5) is 23.9. The van der Waals surface area contributed by atoms with Crippen LogP contribution in [0.5, 0.6) is 0 Å². The highest BCUT2D eigenvalue weighted by Gasteiger charge is 2.62. The molecular formula is C19H25FO3. The van der Waals surface area contributed by atoms with Gasteiger partial charge in [0.1, 0.15) is 0 Å². The zero-order valence-corrected chi connectivity index (χ0v) is 13.7. The van der Waals surface area contributed by atoms with Gasteiger partial charge in [0.05, 0.1) is 11.5 Å². The maximum Gasteiger partial charge on any atom is 0.311 e. The molecule has 0 spiro atoms. The van der Waals surface area contributed by atoms with E-state index in [0.29, 0.717) is 24.7 Å². The van der Waals surface area contributed by atoms with Crippen LogP contribution in [-0.2, 0) is 9.59 Å². The number of hydrogen-bond donors (Lipinski definition) is 1. The molecule has 0 aliphatic heterocycles. The molecule has 0 amide bonds. The molecule has 23 heavy (non-hydrogen) atoms. The molecule has 4 aliphatic rings. The molecule has 0 unspecified atom stereocenters. The van der Waals surface area contributed by atoms with Crippen molar-refractivity contribution < 1.29 is 19.1 Å². The third kappa shape index (κ3) is 1.90. The Labute approximate surface area is 136 Å². The van der Waals surface area contributed by atoms with Gasteiger partial charge in [0.2, 0.25) is 0 Å². The van der Waals surface area contributed by atoms with E-state index >= 15 is 0 Å². The summed E-state index contributed by atoms with van der Waals surface area (Å²) in [5.41, 5.74) is -0.358. The lowest BCUT2D eigenvalue weighted by Gasteiger charge is -2.56. The number of hydrogen-bond acceptors (Lipinski definition) is 3. The average molecular weight is 320 g/mol. The van der Waals surface area contributed by atoms with Crippen molar-refractivity contribution in [1.82, 2.24) is 0 Å². The number of fused-ring (bicyclic) bond motifs is 5. The molecule has 3 fully saturated rings. The first-order valence-electron chi connectivity index (χ1n) is 9.01. The van der Waals surface area contributed by atoms with Crippen molar-refractivity contribution in [2.24, 2.45) is 28.6 Å². The van der Waals surface area contributed by atoms with Crippen molar-refractivity contribution in [3.05, 3.63) is 11.6 Å². The van der Waals surface area contributed by atoms with E-state index in [1.54, 1.807) is 6.08 Å². The van der Waals surface area contributed by atoms with E-state index in [2.05, 4.69) is 6.92 Å². The van der Waals surface area contributed by atoms with E-state index in [0.717, 1.165) is 37.7 Å². The molecular weight excluding hydrogens is 295 g/mol. The van der Waals surface area contributed by atoms with Gasteiger partial charge in [0.25, 0.3) is 0 Å². The number of rotatable bonds is 1. The number of allylic oxidation sites excluding steroid dienone is 1. The van der Waals surface area contributed by atoms with Crippen molar-refractivity contribution in [2.75, 3.05) is 0 Å². The van der Waals surface area contributed by atoms with Gasteiger partial charge in [0, 0.05) is 6.42 Å². The molecule has 126 valence electrons. The van der Waals surface area contributed by atoms with Gasteiger partial charge in [-0.05, 0) is 74.2 Å². The Hall–Kier alpha value is -1.03. The highest BCUT2D eigenvalue weighted by molar-refractivity contribution is 5.95. The third-order valence-electron chi connectivity index (χ3n) is 7.79. The third-order valence-corrected chi connectivity index (χ3v) is 7.79. The largest absolute Gasteiger partial charge is 0.393 e. The summed E-state index contributed by atoms with van der Waals surface area (Å²) in [7, 11) is 0. The lowest BCUT2D eigenvalue weighted by atomic mass is 9.47. The predicted octanol–water partition coefficient (Wildman–Crippen LogP) is 3.36. The van der Waals surface area contributed by atoms with Crippen LogP contribution in [0.3, 0.4) is 0 Å². The van der Waals surface area contributed by atoms with Gasteiger partial charge in [-0.2, -0.15) is 4.39 Å². The van der Waals surface area contributed by atoms with Gasteiger partial charge in [-0.25, -0.2) is 0 Å². The van der Waals surface area contributed by atoms with Gasteiger partial charge in [-0.15, -0.1) is 0 Å². The maximum atomic E-state index is 14.3. The molecule has 3 saturated carbocycles. The number of carbonyl (C=O) groups is 2. The summed E-state index contributed by atoms with van der Waals surface area (Å²) in [5.74, 6) is 0.728. The highest BCUT2D eigenvalue weighted by atomic mass is 19.1. The van der Waals surface area contributed by atoms with Crippen LogP contribution in [0.15, 0.2) is 11.6 Å². The molecule has 0 aromatic rings. The van der Waals surface area contributed by atoms with Gasteiger partial charge in [0.15, 0.2) is 5.78 Å². The molecule has 4 heteroatoms. The Morgan fingerprint density at radius 3 is 2.70 bits per heavy atom. The first-order chi connectivity index (χ1) is 10.9. The topological polar surface area (TPSA) is 54.4 Å². The number of ketones is 1. The van der Waals surface area contributed by atoms with Crippen molar-refractivity contribution in [3.63, 3.8) is 0 Å². The molecule has 0 aromatic heterocycles. The Morgan fingerprint density at radius 2 is 1.96 bits per heavy atom. The zero-order valence-electron chi connectivity index (χ0n) is 13.7. The smallest absolute Gasteiger partial charge is 0.311 e. The molecule has 4 rings (SSSR count). The predicted molar refractivity (Wildman–Crippen MR) is 83.2 cm³/mol. The summed E-state index contributed by atoms with van der Waals surface area (Å²) in [6.45, 7) is 2.17. The normalized spacial score (nSPS) is 49.0. The Bertz CT molecular complexity index is 597. The molecule has 4 aliphatic carbocycles. The van der Waals surface area contributed by atoms with Gasteiger partial charge in [-0.1, -0.05) is 12.5 Å². The van der Waals surface area contributed by atoms with Crippen LogP contribution in [-0.4, -0.2) is 23.0 Å². The molecule has 0 bridgehead atoms. The Kier molecular flexibility index (Phi) is 3.36. The van der Waals surface area contributed by atoms with Crippen molar-refractivity contribution in [3.8, 4) is 0 Å². The summed E-state index contributed by atoms with van der Waals surface area (Å²) in [5, 5.41) is 10.4. The average Bonchev–Trinajstić information content (AvgIpc) is 2.82. The van der Waals surface area contributed by atoms with E-state index in [1.165, 1.54) is 0 Å². The molecule has 1 N–H and O–H groups in total. The molecule has 0 saturated heterocycles. The van der Waals surface area contributed by atoms with Crippen LogP contribution in [0.2, 0.25) is 0 Å². The number of carbonyl (C=O) groups excluding carboxylic acids is 2. The number of aliphatic hydroxyl groups is 1. The lowest BCUT2D eigenvalue weighted by molar-refractivity contribution is -0.152. The Morgan fingerprint density at radius 1 is 1.17 bits per heavy atom. The van der Waals surface area contributed by atoms with Crippen molar-refractivity contribution in [2.45, 2.75) is 64.4 Å². The molecule has 0 heterocycles. The maximum absolute atomic E-state index is 14.3. The molecule has 3 nitrogen and oxygen atoms in total. The fourth-order valence-corrected chi connectivity index (χ4v) is 6.56. The number of aliphatic hydroxyl groups excluding tert-OH is 1. The molecule has 6 atom stereocenters. The minimum Gasteiger partial charge on any atom is -0.393 e. The SMILES string of the molecule is C[C@]12CC[C@H]3[C@@H](CCC4=CC(=O)CC[C@@]43C(=O)F)[C@@H]1CC[C@@H]2O. The summed E-state index contributed by atoms with van der Waals surface area (Å²) in [6, 6.07) is -1.23.